The van der Waals surface area contributed by atoms with Crippen LogP contribution >= 0.6 is 0 Å². The summed E-state index contributed by atoms with van der Waals surface area (Å²) in [5, 5.41) is 17.6. The number of rotatable bonds is 6. The van der Waals surface area contributed by atoms with E-state index in [-0.39, 0.29) is 30.3 Å². The van der Waals surface area contributed by atoms with Crippen LogP contribution in [0.3, 0.4) is 0 Å². The average molecular weight is 216 g/mol. The van der Waals surface area contributed by atoms with E-state index in [1.807, 2.05) is 6.92 Å². The quantitative estimate of drug-likeness (QED) is 0.514. The third-order valence-electron chi connectivity index (χ3n) is 3.01. The number of aliphatic hydroxyl groups excluding tert-OH is 1. The molecule has 0 saturated carbocycles. The summed E-state index contributed by atoms with van der Waals surface area (Å²) in [6.07, 6.45) is 1.65. The molecule has 4 heteroatoms. The Balaban J connectivity index is 2.40. The molecule has 0 aromatic carbocycles. The zero-order valence-electron chi connectivity index (χ0n) is 9.35. The topological polar surface area (TPSA) is 66.8 Å². The normalized spacial score (nSPS) is 27.4. The molecule has 1 heterocycles. The van der Waals surface area contributed by atoms with Crippen molar-refractivity contribution in [2.24, 2.45) is 11.8 Å². The largest absolute Gasteiger partial charge is 0.461 e. The first-order valence-corrected chi connectivity index (χ1v) is 5.62. The number of carbonyl (C=O) groups is 1. The molecule has 4 nitrogen and oxygen atoms in total. The van der Waals surface area contributed by atoms with Gasteiger partial charge in [0.2, 0.25) is 0 Å². The molecule has 1 unspecified atom stereocenters. The van der Waals surface area contributed by atoms with E-state index in [2.05, 4.69) is 6.92 Å². The predicted octanol–water partition coefficient (Wildman–Crippen LogP) is 1.06. The molecular weight excluding hydrogens is 196 g/mol. The number of hydrogen-bond donors (Lipinski definition) is 2. The standard InChI is InChI=1S/C11H20O4/c1-3-4-5-7(2)10-8(6-9(12)13)15-11(10)14/h7-10,12-13H,3-6H2,1-2H3/t7?,8-,10-/m0/s1. The van der Waals surface area contributed by atoms with Crippen LogP contribution in [0, 0.1) is 11.8 Å². The third kappa shape index (κ3) is 3.18. The number of carbonyl (C=O) groups excluding carboxylic acids is 1. The van der Waals surface area contributed by atoms with Crippen LogP contribution in [0.2, 0.25) is 0 Å². The zero-order valence-corrected chi connectivity index (χ0v) is 9.35. The smallest absolute Gasteiger partial charge is 0.313 e. The van der Waals surface area contributed by atoms with E-state index in [0.29, 0.717) is 0 Å². The van der Waals surface area contributed by atoms with Crippen LogP contribution in [0.15, 0.2) is 0 Å². The second-order valence-electron chi connectivity index (χ2n) is 4.34. The van der Waals surface area contributed by atoms with E-state index >= 15 is 0 Å². The number of cyclic esters (lactones) is 1. The maximum Gasteiger partial charge on any atom is 0.313 e. The maximum atomic E-state index is 11.2. The van der Waals surface area contributed by atoms with Gasteiger partial charge in [0.05, 0.1) is 5.92 Å². The molecule has 2 N–H and O–H groups in total. The Morgan fingerprint density at radius 3 is 2.60 bits per heavy atom. The first-order valence-electron chi connectivity index (χ1n) is 5.62. The van der Waals surface area contributed by atoms with Crippen molar-refractivity contribution in [2.45, 2.75) is 51.9 Å². The van der Waals surface area contributed by atoms with E-state index in [1.165, 1.54) is 0 Å². The van der Waals surface area contributed by atoms with Crippen molar-refractivity contribution in [2.75, 3.05) is 0 Å². The van der Waals surface area contributed by atoms with Gasteiger partial charge >= 0.3 is 5.97 Å². The molecule has 0 amide bonds. The summed E-state index contributed by atoms with van der Waals surface area (Å²) in [6.45, 7) is 4.14. The molecule has 0 aliphatic carbocycles. The third-order valence-corrected chi connectivity index (χ3v) is 3.01. The van der Waals surface area contributed by atoms with Gasteiger partial charge in [-0.1, -0.05) is 26.7 Å². The molecule has 0 radical (unpaired) electrons. The lowest BCUT2D eigenvalue weighted by atomic mass is 9.80. The maximum absolute atomic E-state index is 11.2. The molecule has 0 aromatic rings. The van der Waals surface area contributed by atoms with Gasteiger partial charge in [-0.25, -0.2) is 0 Å². The summed E-state index contributed by atoms with van der Waals surface area (Å²) >= 11 is 0. The zero-order chi connectivity index (χ0) is 11.4. The Morgan fingerprint density at radius 2 is 2.13 bits per heavy atom. The summed E-state index contributed by atoms with van der Waals surface area (Å²) in [4.78, 5) is 11.2. The van der Waals surface area contributed by atoms with Gasteiger partial charge in [0, 0.05) is 6.42 Å². The van der Waals surface area contributed by atoms with E-state index in [0.717, 1.165) is 19.3 Å². The van der Waals surface area contributed by atoms with Crippen molar-refractivity contribution in [1.82, 2.24) is 0 Å². The molecule has 1 aliphatic rings. The predicted molar refractivity (Wildman–Crippen MR) is 54.9 cm³/mol. The highest BCUT2D eigenvalue weighted by atomic mass is 16.6. The molecule has 88 valence electrons. The lowest BCUT2D eigenvalue weighted by molar-refractivity contribution is -0.199. The molecule has 3 atom stereocenters. The second kappa shape index (κ2) is 5.47. The molecule has 0 aromatic heterocycles. The number of unbranched alkanes of at least 4 members (excludes halogenated alkanes) is 1. The fraction of sp³-hybridized carbons (Fsp3) is 0.909. The molecule has 1 saturated heterocycles. The summed E-state index contributed by atoms with van der Waals surface area (Å²) in [5.74, 6) is -0.0578. The molecule has 1 rings (SSSR count). The van der Waals surface area contributed by atoms with Crippen LogP contribution in [0.4, 0.5) is 0 Å². The number of hydrogen-bond acceptors (Lipinski definition) is 4. The first-order chi connectivity index (χ1) is 7.06. The minimum absolute atomic E-state index is 0.132. The summed E-state index contributed by atoms with van der Waals surface area (Å²) in [7, 11) is 0. The van der Waals surface area contributed by atoms with Gasteiger partial charge < -0.3 is 14.9 Å². The molecular formula is C11H20O4. The average Bonchev–Trinajstić information content (AvgIpc) is 2.12. The van der Waals surface area contributed by atoms with Crippen LogP contribution in [0.1, 0.15) is 39.5 Å². The lowest BCUT2D eigenvalue weighted by Gasteiger charge is -2.39. The van der Waals surface area contributed by atoms with E-state index < -0.39 is 6.29 Å². The second-order valence-corrected chi connectivity index (χ2v) is 4.34. The highest BCUT2D eigenvalue weighted by molar-refractivity contribution is 5.78. The Labute approximate surface area is 90.2 Å². The number of ether oxygens (including phenoxy) is 1. The van der Waals surface area contributed by atoms with Crippen molar-refractivity contribution in [1.29, 1.82) is 0 Å². The van der Waals surface area contributed by atoms with Gasteiger partial charge in [0.1, 0.15) is 6.10 Å². The number of aliphatic hydroxyl groups is 2. The fourth-order valence-corrected chi connectivity index (χ4v) is 2.09. The van der Waals surface area contributed by atoms with Crippen molar-refractivity contribution in [3.63, 3.8) is 0 Å². The number of esters is 1. The van der Waals surface area contributed by atoms with Crippen molar-refractivity contribution >= 4 is 5.97 Å². The Kier molecular flexibility index (Phi) is 4.54. The molecule has 0 bridgehead atoms. The Hall–Kier alpha value is -0.610. The van der Waals surface area contributed by atoms with Crippen LogP contribution in [-0.2, 0) is 9.53 Å². The molecule has 1 fully saturated rings. The van der Waals surface area contributed by atoms with Crippen LogP contribution in [-0.4, -0.2) is 28.6 Å². The molecule has 15 heavy (non-hydrogen) atoms. The summed E-state index contributed by atoms with van der Waals surface area (Å²) in [6, 6.07) is 0. The lowest BCUT2D eigenvalue weighted by Crippen LogP contribution is -2.49. The highest BCUT2D eigenvalue weighted by Gasteiger charge is 2.45. The summed E-state index contributed by atoms with van der Waals surface area (Å²) in [5.41, 5.74) is 0. The van der Waals surface area contributed by atoms with Gasteiger partial charge in [0.15, 0.2) is 6.29 Å². The summed E-state index contributed by atoms with van der Waals surface area (Å²) < 4.78 is 4.90. The Bertz CT molecular complexity index is 215. The van der Waals surface area contributed by atoms with Gasteiger partial charge in [-0.3, -0.25) is 4.79 Å². The first kappa shape index (κ1) is 12.5. The van der Waals surface area contributed by atoms with Gasteiger partial charge in [-0.05, 0) is 12.3 Å². The Morgan fingerprint density at radius 1 is 1.47 bits per heavy atom. The van der Waals surface area contributed by atoms with Gasteiger partial charge in [-0.15, -0.1) is 0 Å². The highest BCUT2D eigenvalue weighted by Crippen LogP contribution is 2.34. The van der Waals surface area contributed by atoms with Crippen molar-refractivity contribution < 1.29 is 19.7 Å². The van der Waals surface area contributed by atoms with Gasteiger partial charge in [-0.2, -0.15) is 0 Å². The van der Waals surface area contributed by atoms with E-state index in [1.54, 1.807) is 0 Å². The van der Waals surface area contributed by atoms with Crippen LogP contribution in [0.5, 0.6) is 0 Å². The van der Waals surface area contributed by atoms with Gasteiger partial charge in [0.25, 0.3) is 0 Å². The fourth-order valence-electron chi connectivity index (χ4n) is 2.09. The molecule has 1 aliphatic heterocycles. The van der Waals surface area contributed by atoms with E-state index in [9.17, 15) is 4.79 Å². The van der Waals surface area contributed by atoms with Crippen LogP contribution in [0.25, 0.3) is 0 Å². The van der Waals surface area contributed by atoms with E-state index in [4.69, 9.17) is 14.9 Å². The monoisotopic (exact) mass is 216 g/mol. The molecule has 0 spiro atoms. The van der Waals surface area contributed by atoms with Crippen molar-refractivity contribution in [3.05, 3.63) is 0 Å². The minimum Gasteiger partial charge on any atom is -0.461 e. The van der Waals surface area contributed by atoms with Crippen LogP contribution < -0.4 is 0 Å². The van der Waals surface area contributed by atoms with Crippen molar-refractivity contribution in [3.8, 4) is 0 Å². The SMILES string of the molecule is CCCCC(C)[C@@H]1C(=O)O[C@H]1CC(O)O. The minimum atomic E-state index is -1.39.